The van der Waals surface area contributed by atoms with Crippen LogP contribution in [0.5, 0.6) is 0 Å². The summed E-state index contributed by atoms with van der Waals surface area (Å²) in [6.45, 7) is 9.56. The summed E-state index contributed by atoms with van der Waals surface area (Å²) in [5.74, 6) is 0. The summed E-state index contributed by atoms with van der Waals surface area (Å²) in [5.41, 5.74) is 9.83. The lowest BCUT2D eigenvalue weighted by atomic mass is 9.96. The van der Waals surface area contributed by atoms with Crippen molar-refractivity contribution in [2.75, 3.05) is 0 Å². The molecular weight excluding hydrogens is 450 g/mol. The van der Waals surface area contributed by atoms with Crippen molar-refractivity contribution in [1.29, 1.82) is 0 Å². The zero-order chi connectivity index (χ0) is 24.5. The van der Waals surface area contributed by atoms with E-state index in [-0.39, 0.29) is 12.1 Å². The molecule has 1 N–H and O–H groups in total. The molecule has 1 fully saturated rings. The summed E-state index contributed by atoms with van der Waals surface area (Å²) >= 11 is 5.90. The minimum atomic E-state index is -0.0398. The molecule has 35 heavy (non-hydrogen) atoms. The summed E-state index contributed by atoms with van der Waals surface area (Å²) in [6.07, 6.45) is 6.52. The van der Waals surface area contributed by atoms with Gasteiger partial charge in [-0.2, -0.15) is 0 Å². The van der Waals surface area contributed by atoms with Crippen LogP contribution in [0.4, 0.5) is 0 Å². The van der Waals surface area contributed by atoms with Gasteiger partial charge in [0.25, 0.3) is 0 Å². The molecule has 1 aliphatic rings. The van der Waals surface area contributed by atoms with E-state index in [1.807, 2.05) is 30.7 Å². The Balaban J connectivity index is 1.66. The smallest absolute Gasteiger partial charge is 0.170 e. The van der Waals surface area contributed by atoms with Crippen molar-refractivity contribution in [2.45, 2.75) is 52.7 Å². The minimum Gasteiger partial charge on any atom is -0.352 e. The van der Waals surface area contributed by atoms with Crippen LogP contribution in [-0.2, 0) is 13.0 Å². The molecule has 4 aromatic rings. The van der Waals surface area contributed by atoms with E-state index in [0.29, 0.717) is 6.54 Å². The number of pyridine rings is 2. The molecule has 0 aliphatic carbocycles. The van der Waals surface area contributed by atoms with Gasteiger partial charge >= 0.3 is 0 Å². The highest BCUT2D eigenvalue weighted by atomic mass is 32.1. The number of hydrogen-bond acceptors (Lipinski definition) is 3. The molecule has 0 radical (unpaired) electrons. The van der Waals surface area contributed by atoms with E-state index < -0.39 is 0 Å². The van der Waals surface area contributed by atoms with E-state index in [0.717, 1.165) is 17.2 Å². The van der Waals surface area contributed by atoms with Crippen molar-refractivity contribution < 1.29 is 0 Å². The molecular formula is C29H31N5S. The molecule has 178 valence electrons. The van der Waals surface area contributed by atoms with Crippen molar-refractivity contribution in [3.63, 3.8) is 0 Å². The van der Waals surface area contributed by atoms with Crippen molar-refractivity contribution in [2.24, 2.45) is 0 Å². The summed E-state index contributed by atoms with van der Waals surface area (Å²) in [6, 6.07) is 19.1. The fourth-order valence-corrected chi connectivity index (χ4v) is 5.66. The first-order chi connectivity index (χ1) is 17.0. The second-order valence-corrected chi connectivity index (χ2v) is 9.59. The third kappa shape index (κ3) is 4.23. The Bertz CT molecular complexity index is 1350. The molecule has 5 rings (SSSR count). The average Bonchev–Trinajstić information content (AvgIpc) is 3.35. The highest BCUT2D eigenvalue weighted by molar-refractivity contribution is 7.80. The van der Waals surface area contributed by atoms with E-state index in [1.165, 1.54) is 39.3 Å². The summed E-state index contributed by atoms with van der Waals surface area (Å²) in [7, 11) is 0. The fourth-order valence-electron chi connectivity index (χ4n) is 5.36. The normalized spacial score (nSPS) is 17.6. The lowest BCUT2D eigenvalue weighted by molar-refractivity contribution is 0.310. The molecule has 3 aromatic heterocycles. The van der Waals surface area contributed by atoms with E-state index in [1.54, 1.807) is 0 Å². The zero-order valence-electron chi connectivity index (χ0n) is 20.7. The number of nitrogens with zero attached hydrogens (tertiary/aromatic N) is 4. The first-order valence-corrected chi connectivity index (χ1v) is 12.5. The molecule has 1 aromatic carbocycles. The van der Waals surface area contributed by atoms with Crippen molar-refractivity contribution in [3.05, 3.63) is 113 Å². The third-order valence-electron chi connectivity index (χ3n) is 7.01. The van der Waals surface area contributed by atoms with Crippen molar-refractivity contribution in [3.8, 4) is 5.69 Å². The number of aryl methyl sites for hydroxylation is 3. The van der Waals surface area contributed by atoms with Gasteiger partial charge in [0.15, 0.2) is 5.11 Å². The zero-order valence-corrected chi connectivity index (χ0v) is 21.5. The van der Waals surface area contributed by atoms with Gasteiger partial charge in [0.2, 0.25) is 0 Å². The highest BCUT2D eigenvalue weighted by Crippen LogP contribution is 2.42. The lowest BCUT2D eigenvalue weighted by Gasteiger charge is -2.28. The number of nitrogens with one attached hydrogen (secondary N) is 1. The van der Waals surface area contributed by atoms with Crippen LogP contribution in [0.1, 0.15) is 58.3 Å². The maximum Gasteiger partial charge on any atom is 0.170 e. The van der Waals surface area contributed by atoms with Gasteiger partial charge in [-0.15, -0.1) is 0 Å². The predicted octanol–water partition coefficient (Wildman–Crippen LogP) is 5.93. The maximum absolute atomic E-state index is 5.90. The predicted molar refractivity (Wildman–Crippen MR) is 145 cm³/mol. The number of aromatic nitrogens is 3. The van der Waals surface area contributed by atoms with Crippen LogP contribution in [0.25, 0.3) is 5.69 Å². The monoisotopic (exact) mass is 481 g/mol. The second-order valence-electron chi connectivity index (χ2n) is 9.21. The number of thiocarbonyl (C=S) groups is 1. The Morgan fingerprint density at radius 2 is 1.77 bits per heavy atom. The van der Waals surface area contributed by atoms with Gasteiger partial charge in [0, 0.05) is 36.5 Å². The van der Waals surface area contributed by atoms with Gasteiger partial charge in [-0.3, -0.25) is 9.97 Å². The molecule has 5 nitrogen and oxygen atoms in total. The van der Waals surface area contributed by atoms with E-state index in [4.69, 9.17) is 17.2 Å². The third-order valence-corrected chi connectivity index (χ3v) is 7.37. The molecule has 4 heterocycles. The van der Waals surface area contributed by atoms with Crippen LogP contribution in [0.15, 0.2) is 73.2 Å². The lowest BCUT2D eigenvalue weighted by Crippen LogP contribution is -2.29. The Hall–Kier alpha value is -3.51. The van der Waals surface area contributed by atoms with Crippen LogP contribution in [-0.4, -0.2) is 24.5 Å². The quantitative estimate of drug-likeness (QED) is 0.346. The second kappa shape index (κ2) is 9.62. The van der Waals surface area contributed by atoms with Gasteiger partial charge in [-0.25, -0.2) is 0 Å². The molecule has 0 unspecified atom stereocenters. The highest BCUT2D eigenvalue weighted by Gasteiger charge is 2.41. The average molecular weight is 482 g/mol. The molecule has 0 saturated carbocycles. The summed E-state index contributed by atoms with van der Waals surface area (Å²) < 4.78 is 2.42. The molecule has 1 aliphatic heterocycles. The van der Waals surface area contributed by atoms with Gasteiger partial charge in [-0.1, -0.05) is 31.2 Å². The van der Waals surface area contributed by atoms with Crippen LogP contribution >= 0.6 is 12.2 Å². The van der Waals surface area contributed by atoms with E-state index in [9.17, 15) is 0 Å². The molecule has 6 heteroatoms. The van der Waals surface area contributed by atoms with Crippen LogP contribution in [0, 0.1) is 20.8 Å². The Morgan fingerprint density at radius 1 is 0.971 bits per heavy atom. The topological polar surface area (TPSA) is 46.0 Å². The Morgan fingerprint density at radius 3 is 2.49 bits per heavy atom. The molecule has 0 bridgehead atoms. The Kier molecular flexibility index (Phi) is 6.39. The fraction of sp³-hybridized carbons (Fsp3) is 0.276. The van der Waals surface area contributed by atoms with Gasteiger partial charge in [0.1, 0.15) is 0 Å². The van der Waals surface area contributed by atoms with E-state index >= 15 is 0 Å². The van der Waals surface area contributed by atoms with Crippen LogP contribution < -0.4 is 5.32 Å². The first kappa shape index (κ1) is 23.2. The minimum absolute atomic E-state index is 0.0135. The Labute approximate surface area is 212 Å². The van der Waals surface area contributed by atoms with Crippen LogP contribution in [0.3, 0.4) is 0 Å². The number of benzene rings is 1. The standard InChI is InChI=1S/C29H31N5S/c1-5-23-10-8-9-19(2)27(23)34-20(3)17-24(21(34)4)28-26(25-11-6-7-14-31-25)32-29(35)33(28)18-22-12-15-30-16-13-22/h6-17,26,28H,5,18H2,1-4H3,(H,32,35)/t26-,28+/m0/s1. The van der Waals surface area contributed by atoms with Gasteiger partial charge < -0.3 is 14.8 Å². The van der Waals surface area contributed by atoms with Crippen molar-refractivity contribution in [1.82, 2.24) is 24.8 Å². The first-order valence-electron chi connectivity index (χ1n) is 12.1. The molecule has 0 spiro atoms. The number of rotatable bonds is 6. The molecule has 0 amide bonds. The summed E-state index contributed by atoms with van der Waals surface area (Å²) in [4.78, 5) is 11.2. The van der Waals surface area contributed by atoms with Crippen molar-refractivity contribution >= 4 is 17.3 Å². The van der Waals surface area contributed by atoms with Gasteiger partial charge in [0.05, 0.1) is 23.5 Å². The van der Waals surface area contributed by atoms with Crippen LogP contribution in [0.2, 0.25) is 0 Å². The largest absolute Gasteiger partial charge is 0.352 e. The van der Waals surface area contributed by atoms with Gasteiger partial charge in [-0.05, 0) is 92.0 Å². The SMILES string of the molecule is CCc1cccc(C)c1-n1c(C)cc([C@@H]2[C@H](c3ccccn3)NC(=S)N2Cc2ccncc2)c1C. The summed E-state index contributed by atoms with van der Waals surface area (Å²) in [5, 5.41) is 4.34. The molecule has 2 atom stereocenters. The number of hydrogen-bond donors (Lipinski definition) is 1. The van der Waals surface area contributed by atoms with E-state index in [2.05, 4.69) is 89.9 Å². The maximum atomic E-state index is 5.90. The molecule has 1 saturated heterocycles. The number of para-hydroxylation sites is 1.